The van der Waals surface area contributed by atoms with Crippen LogP contribution in [0, 0.1) is 0 Å². The van der Waals surface area contributed by atoms with Crippen LogP contribution in [0.4, 0.5) is 13.2 Å². The van der Waals surface area contributed by atoms with Gasteiger partial charge < -0.3 is 4.74 Å². The molecule has 0 aliphatic carbocycles. The molecule has 1 aromatic heterocycles. The first-order valence-electron chi connectivity index (χ1n) is 13.1. The third-order valence-corrected chi connectivity index (χ3v) is 8.32. The smallest absolute Gasteiger partial charge is 0.416 e. The van der Waals surface area contributed by atoms with Gasteiger partial charge in [-0.2, -0.15) is 13.2 Å². The molecular formula is C36H25F3OS. The molecule has 0 bridgehead atoms. The van der Waals surface area contributed by atoms with Gasteiger partial charge in [0.25, 0.3) is 0 Å². The van der Waals surface area contributed by atoms with E-state index < -0.39 is 11.7 Å². The van der Waals surface area contributed by atoms with Crippen LogP contribution in [0.3, 0.4) is 0 Å². The lowest BCUT2D eigenvalue weighted by Crippen LogP contribution is -2.03. The van der Waals surface area contributed by atoms with E-state index >= 15 is 0 Å². The predicted octanol–water partition coefficient (Wildman–Crippen LogP) is 11.1. The molecule has 0 atom stereocenters. The number of thiophene rings is 1. The third kappa shape index (κ3) is 5.81. The summed E-state index contributed by atoms with van der Waals surface area (Å²) in [6.45, 7) is 0. The molecule has 0 aliphatic rings. The van der Waals surface area contributed by atoms with Crippen molar-refractivity contribution in [2.75, 3.05) is 7.11 Å². The Bertz CT molecular complexity index is 1750. The minimum absolute atomic E-state index is 0.639. The number of methoxy groups -OCH3 is 1. The Morgan fingerprint density at radius 2 is 0.707 bits per heavy atom. The first-order valence-corrected chi connectivity index (χ1v) is 13.9. The van der Waals surface area contributed by atoms with Crippen LogP contribution in [0.2, 0.25) is 0 Å². The summed E-state index contributed by atoms with van der Waals surface area (Å²) in [5.74, 6) is 0.845. The van der Waals surface area contributed by atoms with E-state index in [1.165, 1.54) is 17.0 Å². The van der Waals surface area contributed by atoms with E-state index in [2.05, 4.69) is 72.8 Å². The lowest BCUT2D eigenvalue weighted by atomic mass is 9.99. The standard InChI is InChI=1S/C36H25F3OS/c1-40-33-20-16-29(17-21-33)25-4-2-24(3-5-25)26-6-10-30(11-7-26)34-22-23-35(41-34)31-12-8-27(9-13-31)28-14-18-32(19-15-28)36(37,38)39/h2-23H,1H3. The molecule has 0 aliphatic heterocycles. The number of rotatable bonds is 6. The lowest BCUT2D eigenvalue weighted by Gasteiger charge is -2.08. The van der Waals surface area contributed by atoms with E-state index in [0.29, 0.717) is 0 Å². The lowest BCUT2D eigenvalue weighted by molar-refractivity contribution is -0.137. The maximum absolute atomic E-state index is 12.9. The molecule has 5 heteroatoms. The van der Waals surface area contributed by atoms with Gasteiger partial charge in [-0.25, -0.2) is 0 Å². The summed E-state index contributed by atoms with van der Waals surface area (Å²) >= 11 is 1.72. The molecule has 0 N–H and O–H groups in total. The predicted molar refractivity (Wildman–Crippen MR) is 163 cm³/mol. The zero-order valence-corrected chi connectivity index (χ0v) is 23.0. The Kier molecular flexibility index (Phi) is 7.21. The van der Waals surface area contributed by atoms with Gasteiger partial charge in [-0.3, -0.25) is 0 Å². The molecule has 0 fully saturated rings. The van der Waals surface area contributed by atoms with Crippen LogP contribution < -0.4 is 4.74 Å². The molecule has 6 rings (SSSR count). The van der Waals surface area contributed by atoms with Crippen LogP contribution in [-0.4, -0.2) is 7.11 Å². The summed E-state index contributed by atoms with van der Waals surface area (Å²) in [6, 6.07) is 42.7. The van der Waals surface area contributed by atoms with Crippen LogP contribution in [0.25, 0.3) is 54.3 Å². The number of hydrogen-bond donors (Lipinski definition) is 0. The summed E-state index contributed by atoms with van der Waals surface area (Å²) in [6.07, 6.45) is -4.33. The highest BCUT2D eigenvalue weighted by Crippen LogP contribution is 2.37. The molecule has 0 unspecified atom stereocenters. The monoisotopic (exact) mass is 562 g/mol. The second-order valence-electron chi connectivity index (χ2n) is 9.70. The Balaban J connectivity index is 1.14. The summed E-state index contributed by atoms with van der Waals surface area (Å²) < 4.78 is 43.9. The molecular weight excluding hydrogens is 537 g/mol. The van der Waals surface area contributed by atoms with E-state index in [0.717, 1.165) is 67.3 Å². The Morgan fingerprint density at radius 3 is 1.02 bits per heavy atom. The van der Waals surface area contributed by atoms with Crippen molar-refractivity contribution in [1.29, 1.82) is 0 Å². The Hall–Kier alpha value is -4.61. The largest absolute Gasteiger partial charge is 0.497 e. The van der Waals surface area contributed by atoms with Crippen LogP contribution in [0.5, 0.6) is 5.75 Å². The van der Waals surface area contributed by atoms with Crippen molar-refractivity contribution in [2.24, 2.45) is 0 Å². The minimum atomic E-state index is -4.33. The van der Waals surface area contributed by atoms with Crippen molar-refractivity contribution in [2.45, 2.75) is 6.18 Å². The normalized spacial score (nSPS) is 11.4. The highest BCUT2D eigenvalue weighted by Gasteiger charge is 2.29. The molecule has 41 heavy (non-hydrogen) atoms. The average molecular weight is 563 g/mol. The van der Waals surface area contributed by atoms with Gasteiger partial charge in [0, 0.05) is 9.75 Å². The van der Waals surface area contributed by atoms with E-state index in [1.807, 2.05) is 36.4 Å². The first kappa shape index (κ1) is 26.6. The maximum Gasteiger partial charge on any atom is 0.416 e. The van der Waals surface area contributed by atoms with E-state index in [4.69, 9.17) is 4.74 Å². The molecule has 202 valence electrons. The SMILES string of the molecule is COc1ccc(-c2ccc(-c3ccc(-c4ccc(-c5ccc(-c6ccc(C(F)(F)F)cc6)cc5)s4)cc3)cc2)cc1. The summed E-state index contributed by atoms with van der Waals surface area (Å²) in [7, 11) is 1.67. The van der Waals surface area contributed by atoms with Crippen molar-refractivity contribution in [3.8, 4) is 60.0 Å². The van der Waals surface area contributed by atoms with Gasteiger partial charge in [-0.05, 0) is 80.9 Å². The Morgan fingerprint density at radius 1 is 0.415 bits per heavy atom. The molecule has 0 radical (unpaired) electrons. The zero-order valence-electron chi connectivity index (χ0n) is 22.2. The van der Waals surface area contributed by atoms with Crippen molar-refractivity contribution in [3.63, 3.8) is 0 Å². The first-order chi connectivity index (χ1) is 19.9. The fourth-order valence-corrected chi connectivity index (χ4v) is 5.81. The second kappa shape index (κ2) is 11.1. The molecule has 0 saturated heterocycles. The molecule has 1 nitrogen and oxygen atoms in total. The number of halogens is 3. The third-order valence-electron chi connectivity index (χ3n) is 7.13. The average Bonchev–Trinajstić information content (AvgIpc) is 3.52. The quantitative estimate of drug-likeness (QED) is 0.196. The number of alkyl halides is 3. The van der Waals surface area contributed by atoms with Gasteiger partial charge in [-0.15, -0.1) is 11.3 Å². The van der Waals surface area contributed by atoms with Gasteiger partial charge in [-0.1, -0.05) is 97.1 Å². The van der Waals surface area contributed by atoms with E-state index in [9.17, 15) is 13.2 Å². The second-order valence-corrected chi connectivity index (χ2v) is 10.8. The van der Waals surface area contributed by atoms with Gasteiger partial charge in [0.2, 0.25) is 0 Å². The van der Waals surface area contributed by atoms with Gasteiger partial charge in [0.1, 0.15) is 5.75 Å². The van der Waals surface area contributed by atoms with E-state index in [-0.39, 0.29) is 0 Å². The summed E-state index contributed by atoms with van der Waals surface area (Å²) in [5.41, 5.74) is 7.85. The molecule has 0 spiro atoms. The van der Waals surface area contributed by atoms with Crippen LogP contribution >= 0.6 is 11.3 Å². The highest BCUT2D eigenvalue weighted by atomic mass is 32.1. The van der Waals surface area contributed by atoms with Gasteiger partial charge >= 0.3 is 6.18 Å². The fourth-order valence-electron chi connectivity index (χ4n) is 4.79. The van der Waals surface area contributed by atoms with Crippen LogP contribution in [-0.2, 0) is 6.18 Å². The van der Waals surface area contributed by atoms with Crippen molar-refractivity contribution >= 4 is 11.3 Å². The molecule has 1 heterocycles. The number of benzene rings is 5. The molecule has 6 aromatic rings. The maximum atomic E-state index is 12.9. The molecule has 0 amide bonds. The number of ether oxygens (including phenoxy) is 1. The van der Waals surface area contributed by atoms with Gasteiger partial charge in [0.15, 0.2) is 0 Å². The highest BCUT2D eigenvalue weighted by molar-refractivity contribution is 7.18. The summed E-state index contributed by atoms with van der Waals surface area (Å²) in [4.78, 5) is 2.31. The van der Waals surface area contributed by atoms with Crippen molar-refractivity contribution < 1.29 is 17.9 Å². The minimum Gasteiger partial charge on any atom is -0.497 e. The van der Waals surface area contributed by atoms with Crippen LogP contribution in [0.1, 0.15) is 5.56 Å². The van der Waals surface area contributed by atoms with Crippen molar-refractivity contribution in [3.05, 3.63) is 139 Å². The summed E-state index contributed by atoms with van der Waals surface area (Å²) in [5, 5.41) is 0. The topological polar surface area (TPSA) is 9.23 Å². The van der Waals surface area contributed by atoms with Gasteiger partial charge in [0.05, 0.1) is 12.7 Å². The van der Waals surface area contributed by atoms with Crippen molar-refractivity contribution in [1.82, 2.24) is 0 Å². The molecule has 5 aromatic carbocycles. The van der Waals surface area contributed by atoms with E-state index in [1.54, 1.807) is 18.4 Å². The zero-order chi connectivity index (χ0) is 28.4. The molecule has 0 saturated carbocycles. The number of hydrogen-bond acceptors (Lipinski definition) is 2. The fraction of sp³-hybridized carbons (Fsp3) is 0.0556. The van der Waals surface area contributed by atoms with Crippen LogP contribution in [0.15, 0.2) is 133 Å². The Labute approximate surface area is 241 Å².